The van der Waals surface area contributed by atoms with Crippen LogP contribution in [0.15, 0.2) is 24.3 Å². The van der Waals surface area contributed by atoms with Gasteiger partial charge in [-0.1, -0.05) is 18.2 Å². The molecule has 5 nitrogen and oxygen atoms in total. The Balaban J connectivity index is 1.82. The van der Waals surface area contributed by atoms with Gasteiger partial charge in [-0.3, -0.25) is 9.69 Å². The molecule has 132 valence electrons. The van der Waals surface area contributed by atoms with Gasteiger partial charge in [0, 0.05) is 31.7 Å². The molecule has 2 saturated heterocycles. The highest BCUT2D eigenvalue weighted by Crippen LogP contribution is 2.29. The van der Waals surface area contributed by atoms with E-state index in [2.05, 4.69) is 10.2 Å². The zero-order valence-electron chi connectivity index (χ0n) is 14.2. The lowest BCUT2D eigenvalue weighted by molar-refractivity contribution is -0.138. The predicted molar refractivity (Wildman–Crippen MR) is 90.1 cm³/mol. The molecule has 1 aromatic carbocycles. The molecule has 0 saturated carbocycles. The van der Waals surface area contributed by atoms with Crippen molar-refractivity contribution in [2.45, 2.75) is 12.5 Å². The molecule has 0 spiro atoms. The summed E-state index contributed by atoms with van der Waals surface area (Å²) in [5, 5.41) is 3.18. The van der Waals surface area contributed by atoms with Gasteiger partial charge in [0.25, 0.3) is 0 Å². The molecule has 0 bridgehead atoms. The Hall–Kier alpha value is -1.50. The number of likely N-dealkylation sites (tertiary alicyclic amines) is 1. The first-order valence-electron chi connectivity index (χ1n) is 8.70. The number of morpholine rings is 1. The van der Waals surface area contributed by atoms with E-state index in [4.69, 9.17) is 4.74 Å². The second-order valence-corrected chi connectivity index (χ2v) is 6.57. The number of nitrogens with one attached hydrogen (secondary N) is 1. The first kappa shape index (κ1) is 17.3. The van der Waals surface area contributed by atoms with Crippen molar-refractivity contribution in [1.29, 1.82) is 0 Å². The van der Waals surface area contributed by atoms with Gasteiger partial charge in [0.1, 0.15) is 11.9 Å². The van der Waals surface area contributed by atoms with Crippen LogP contribution in [0.4, 0.5) is 4.39 Å². The van der Waals surface area contributed by atoms with Crippen molar-refractivity contribution in [1.82, 2.24) is 15.1 Å². The summed E-state index contributed by atoms with van der Waals surface area (Å²) < 4.78 is 19.8. The largest absolute Gasteiger partial charge is 0.379 e. The molecule has 2 heterocycles. The summed E-state index contributed by atoms with van der Waals surface area (Å²) in [6, 6.07) is 6.08. The number of carbonyl (C=O) groups excluding carboxylic acids is 1. The van der Waals surface area contributed by atoms with E-state index in [9.17, 15) is 9.18 Å². The fourth-order valence-electron chi connectivity index (χ4n) is 3.68. The smallest absolute Gasteiger partial charge is 0.244 e. The Morgan fingerprint density at radius 3 is 2.79 bits per heavy atom. The fraction of sp³-hybridized carbons (Fsp3) is 0.611. The number of ether oxygens (including phenoxy) is 1. The van der Waals surface area contributed by atoms with Crippen molar-refractivity contribution in [3.63, 3.8) is 0 Å². The normalized spacial score (nSPS) is 23.4. The molecule has 0 radical (unpaired) electrons. The Labute approximate surface area is 142 Å². The average Bonchev–Trinajstić information content (AvgIpc) is 3.07. The van der Waals surface area contributed by atoms with Crippen LogP contribution in [0.2, 0.25) is 0 Å². The van der Waals surface area contributed by atoms with Crippen LogP contribution in [0.3, 0.4) is 0 Å². The molecular formula is C18H26FN3O2. The third-order valence-electron chi connectivity index (χ3n) is 4.93. The summed E-state index contributed by atoms with van der Waals surface area (Å²) in [6.45, 7) is 4.87. The molecule has 2 aliphatic rings. The van der Waals surface area contributed by atoms with Crippen LogP contribution >= 0.6 is 0 Å². The summed E-state index contributed by atoms with van der Waals surface area (Å²) in [5.74, 6) is 0.179. The number of rotatable bonds is 5. The lowest BCUT2D eigenvalue weighted by Gasteiger charge is -2.36. The van der Waals surface area contributed by atoms with Crippen LogP contribution in [-0.2, 0) is 9.53 Å². The SMILES string of the molecule is CNC[C@@H]1CCN(C(=O)[C@H](c2ccccc2F)N2CCOCC2)C1. The summed E-state index contributed by atoms with van der Waals surface area (Å²) in [7, 11) is 1.93. The number of hydrogen-bond donors (Lipinski definition) is 1. The van der Waals surface area contributed by atoms with Crippen molar-refractivity contribution >= 4 is 5.91 Å². The maximum Gasteiger partial charge on any atom is 0.244 e. The number of amides is 1. The molecule has 2 aliphatic heterocycles. The van der Waals surface area contributed by atoms with Gasteiger partial charge in [-0.2, -0.15) is 0 Å². The molecule has 0 aliphatic carbocycles. The highest BCUT2D eigenvalue weighted by atomic mass is 19.1. The molecule has 0 aromatic heterocycles. The van der Waals surface area contributed by atoms with E-state index >= 15 is 0 Å². The molecule has 3 rings (SSSR count). The zero-order valence-corrected chi connectivity index (χ0v) is 14.2. The third-order valence-corrected chi connectivity index (χ3v) is 4.93. The summed E-state index contributed by atoms with van der Waals surface area (Å²) >= 11 is 0. The average molecular weight is 335 g/mol. The van der Waals surface area contributed by atoms with Gasteiger partial charge in [0.15, 0.2) is 0 Å². The van der Waals surface area contributed by atoms with E-state index in [0.717, 1.165) is 26.1 Å². The van der Waals surface area contributed by atoms with Gasteiger partial charge in [-0.05, 0) is 32.0 Å². The number of nitrogens with zero attached hydrogens (tertiary/aromatic N) is 2. The maximum absolute atomic E-state index is 14.4. The van der Waals surface area contributed by atoms with Crippen LogP contribution in [-0.4, -0.2) is 68.7 Å². The minimum absolute atomic E-state index is 0.0144. The maximum atomic E-state index is 14.4. The molecule has 6 heteroatoms. The van der Waals surface area contributed by atoms with Crippen molar-refractivity contribution in [3.8, 4) is 0 Å². The van der Waals surface area contributed by atoms with E-state index in [1.54, 1.807) is 18.2 Å². The second-order valence-electron chi connectivity index (χ2n) is 6.57. The summed E-state index contributed by atoms with van der Waals surface area (Å²) in [6.07, 6.45) is 1.000. The number of benzene rings is 1. The quantitative estimate of drug-likeness (QED) is 0.880. The lowest BCUT2D eigenvalue weighted by atomic mass is 10.0. The first-order chi connectivity index (χ1) is 11.7. The zero-order chi connectivity index (χ0) is 16.9. The Morgan fingerprint density at radius 2 is 2.08 bits per heavy atom. The van der Waals surface area contributed by atoms with E-state index in [0.29, 0.717) is 37.8 Å². The van der Waals surface area contributed by atoms with Crippen molar-refractivity contribution in [3.05, 3.63) is 35.6 Å². The number of carbonyl (C=O) groups is 1. The topological polar surface area (TPSA) is 44.8 Å². The van der Waals surface area contributed by atoms with Crippen molar-refractivity contribution < 1.29 is 13.9 Å². The van der Waals surface area contributed by atoms with E-state index < -0.39 is 6.04 Å². The fourth-order valence-corrected chi connectivity index (χ4v) is 3.68. The molecular weight excluding hydrogens is 309 g/mol. The van der Waals surface area contributed by atoms with Crippen molar-refractivity contribution in [2.24, 2.45) is 5.92 Å². The standard InChI is InChI=1S/C18H26FN3O2/c1-20-12-14-6-7-22(13-14)18(23)17(21-8-10-24-11-9-21)15-4-2-3-5-16(15)19/h2-5,14,17,20H,6-13H2,1H3/t14-,17-/m0/s1. The van der Waals surface area contributed by atoms with E-state index in [-0.39, 0.29) is 11.7 Å². The molecule has 1 N–H and O–H groups in total. The summed E-state index contributed by atoms with van der Waals surface area (Å²) in [5.41, 5.74) is 0.474. The van der Waals surface area contributed by atoms with Crippen molar-refractivity contribution in [2.75, 3.05) is 53.0 Å². The Kier molecular flexibility index (Phi) is 5.81. The van der Waals surface area contributed by atoms with Crippen LogP contribution in [0.1, 0.15) is 18.0 Å². The molecule has 1 aromatic rings. The van der Waals surface area contributed by atoms with Crippen LogP contribution in [0.25, 0.3) is 0 Å². The molecule has 2 fully saturated rings. The highest BCUT2D eigenvalue weighted by Gasteiger charge is 2.36. The molecule has 2 atom stereocenters. The lowest BCUT2D eigenvalue weighted by Crippen LogP contribution is -2.47. The van der Waals surface area contributed by atoms with Gasteiger partial charge >= 0.3 is 0 Å². The Bertz CT molecular complexity index is 563. The minimum Gasteiger partial charge on any atom is -0.379 e. The van der Waals surface area contributed by atoms with E-state index in [1.165, 1.54) is 6.07 Å². The van der Waals surface area contributed by atoms with Gasteiger partial charge in [0.2, 0.25) is 5.91 Å². The number of hydrogen-bond acceptors (Lipinski definition) is 4. The second kappa shape index (κ2) is 8.05. The Morgan fingerprint density at radius 1 is 1.33 bits per heavy atom. The van der Waals surface area contributed by atoms with Crippen LogP contribution in [0, 0.1) is 11.7 Å². The first-order valence-corrected chi connectivity index (χ1v) is 8.70. The number of halogens is 1. The van der Waals surface area contributed by atoms with Gasteiger partial charge in [-0.25, -0.2) is 4.39 Å². The van der Waals surface area contributed by atoms with Gasteiger partial charge in [0.05, 0.1) is 13.2 Å². The van der Waals surface area contributed by atoms with Crippen LogP contribution in [0.5, 0.6) is 0 Å². The van der Waals surface area contributed by atoms with Gasteiger partial charge in [-0.15, -0.1) is 0 Å². The summed E-state index contributed by atoms with van der Waals surface area (Å²) in [4.78, 5) is 17.2. The third kappa shape index (κ3) is 3.77. The minimum atomic E-state index is -0.552. The van der Waals surface area contributed by atoms with Gasteiger partial charge < -0.3 is 15.0 Å². The molecule has 1 amide bonds. The monoisotopic (exact) mass is 335 g/mol. The molecule has 24 heavy (non-hydrogen) atoms. The van der Waals surface area contributed by atoms with E-state index in [1.807, 2.05) is 11.9 Å². The predicted octanol–water partition coefficient (Wildman–Crippen LogP) is 1.27. The highest BCUT2D eigenvalue weighted by molar-refractivity contribution is 5.83. The molecule has 0 unspecified atom stereocenters. The van der Waals surface area contributed by atoms with Crippen LogP contribution < -0.4 is 5.32 Å².